The molecule has 1 aromatic carbocycles. The van der Waals surface area contributed by atoms with Gasteiger partial charge in [-0.1, -0.05) is 24.2 Å². The fourth-order valence-corrected chi connectivity index (χ4v) is 5.02. The van der Waals surface area contributed by atoms with Gasteiger partial charge >= 0.3 is 0 Å². The number of ether oxygens (including phenoxy) is 1. The van der Waals surface area contributed by atoms with Crippen LogP contribution in [-0.4, -0.2) is 46.3 Å². The Balaban J connectivity index is 1.34. The predicted molar refractivity (Wildman–Crippen MR) is 133 cm³/mol. The Hall–Kier alpha value is -3.23. The van der Waals surface area contributed by atoms with Crippen molar-refractivity contribution in [3.63, 3.8) is 0 Å². The van der Waals surface area contributed by atoms with E-state index in [4.69, 9.17) is 4.74 Å². The number of fused-ring (bicyclic) bond motifs is 1. The number of anilines is 2. The lowest BCUT2D eigenvalue weighted by Gasteiger charge is -2.27. The van der Waals surface area contributed by atoms with Crippen LogP contribution in [-0.2, 0) is 0 Å². The highest BCUT2D eigenvalue weighted by Gasteiger charge is 2.23. The molecule has 8 heteroatoms. The molecule has 5 rings (SSSR count). The first kappa shape index (κ1) is 21.6. The Labute approximate surface area is 197 Å². The molecule has 0 amide bonds. The van der Waals surface area contributed by atoms with Crippen molar-refractivity contribution in [2.75, 3.05) is 24.3 Å². The van der Waals surface area contributed by atoms with Crippen molar-refractivity contribution in [2.24, 2.45) is 0 Å². The first-order valence-corrected chi connectivity index (χ1v) is 12.0. The highest BCUT2D eigenvalue weighted by molar-refractivity contribution is 7.22. The third kappa shape index (κ3) is 4.91. The summed E-state index contributed by atoms with van der Waals surface area (Å²) < 4.78 is 7.20. The largest absolute Gasteiger partial charge is 0.457 e. The van der Waals surface area contributed by atoms with Gasteiger partial charge in [-0.25, -0.2) is 9.97 Å². The molecule has 0 bridgehead atoms. The minimum Gasteiger partial charge on any atom is -0.457 e. The Kier molecular flexibility index (Phi) is 6.11. The van der Waals surface area contributed by atoms with Gasteiger partial charge in [0, 0.05) is 44.2 Å². The van der Waals surface area contributed by atoms with Crippen molar-refractivity contribution >= 4 is 32.5 Å². The zero-order valence-corrected chi connectivity index (χ0v) is 19.5. The fourth-order valence-electron chi connectivity index (χ4n) is 4.06. The lowest BCUT2D eigenvalue weighted by molar-refractivity contribution is 0.116. The van der Waals surface area contributed by atoms with Crippen LogP contribution in [0.2, 0.25) is 0 Å². The number of pyridine rings is 2. The lowest BCUT2D eigenvalue weighted by Crippen LogP contribution is -2.36. The molecule has 0 unspecified atom stereocenters. The van der Waals surface area contributed by atoms with E-state index >= 15 is 0 Å². The number of hydrogen-bond acceptors (Lipinski definition) is 8. The zero-order valence-electron chi connectivity index (χ0n) is 18.7. The van der Waals surface area contributed by atoms with E-state index in [1.54, 1.807) is 23.7 Å². The quantitative estimate of drug-likeness (QED) is 0.402. The van der Waals surface area contributed by atoms with E-state index in [-0.39, 0.29) is 12.1 Å². The van der Waals surface area contributed by atoms with E-state index in [1.165, 1.54) is 0 Å². The molecule has 2 N–H and O–H groups in total. The van der Waals surface area contributed by atoms with Crippen molar-refractivity contribution in [3.8, 4) is 22.8 Å². The van der Waals surface area contributed by atoms with E-state index in [2.05, 4.69) is 20.3 Å². The molecule has 0 aliphatic heterocycles. The number of aliphatic hydroxyl groups excluding tert-OH is 1. The number of rotatable bonds is 6. The molecule has 0 spiro atoms. The highest BCUT2D eigenvalue weighted by Crippen LogP contribution is 2.33. The van der Waals surface area contributed by atoms with Crippen LogP contribution in [0, 0.1) is 0 Å². The van der Waals surface area contributed by atoms with Crippen molar-refractivity contribution in [1.29, 1.82) is 0 Å². The summed E-state index contributed by atoms with van der Waals surface area (Å²) in [5, 5.41) is 14.5. The van der Waals surface area contributed by atoms with Gasteiger partial charge in [-0.3, -0.25) is 4.98 Å². The monoisotopic (exact) mass is 461 g/mol. The average Bonchev–Trinajstić information content (AvgIpc) is 3.22. The van der Waals surface area contributed by atoms with E-state index in [0.29, 0.717) is 0 Å². The van der Waals surface area contributed by atoms with Gasteiger partial charge in [0.1, 0.15) is 17.3 Å². The summed E-state index contributed by atoms with van der Waals surface area (Å²) in [7, 11) is 3.93. The SMILES string of the molecule is CN(C)c1cc(-c2cc(Oc3ccc4nc(N[C@@H]5CCCC[C@H]5O)sc4c3)ccn2)ccn1. The van der Waals surface area contributed by atoms with Gasteiger partial charge in [0.15, 0.2) is 5.13 Å². The maximum absolute atomic E-state index is 10.2. The molecule has 33 heavy (non-hydrogen) atoms. The van der Waals surface area contributed by atoms with Gasteiger partial charge in [0.25, 0.3) is 0 Å². The van der Waals surface area contributed by atoms with Crippen LogP contribution in [0.3, 0.4) is 0 Å². The van der Waals surface area contributed by atoms with Crippen LogP contribution in [0.4, 0.5) is 10.9 Å². The Morgan fingerprint density at radius 1 is 1.00 bits per heavy atom. The second-order valence-electron chi connectivity index (χ2n) is 8.53. The number of hydrogen-bond donors (Lipinski definition) is 2. The maximum atomic E-state index is 10.2. The number of aromatic nitrogens is 3. The van der Waals surface area contributed by atoms with Gasteiger partial charge in [0.05, 0.1) is 28.1 Å². The first-order chi connectivity index (χ1) is 16.0. The van der Waals surface area contributed by atoms with E-state index in [0.717, 1.165) is 69.6 Å². The van der Waals surface area contributed by atoms with Gasteiger partial charge < -0.3 is 20.1 Å². The van der Waals surface area contributed by atoms with E-state index in [9.17, 15) is 5.11 Å². The van der Waals surface area contributed by atoms with Gasteiger partial charge in [-0.2, -0.15) is 0 Å². The number of nitrogens with one attached hydrogen (secondary N) is 1. The molecule has 0 saturated heterocycles. The molecule has 1 aliphatic rings. The second-order valence-corrected chi connectivity index (χ2v) is 9.56. The second kappa shape index (κ2) is 9.33. The Morgan fingerprint density at radius 3 is 2.67 bits per heavy atom. The molecule has 0 radical (unpaired) electrons. The fraction of sp³-hybridized carbons (Fsp3) is 0.320. The smallest absolute Gasteiger partial charge is 0.184 e. The molecule has 3 heterocycles. The van der Waals surface area contributed by atoms with E-state index in [1.807, 2.05) is 61.5 Å². The molecule has 1 fully saturated rings. The normalized spacial score (nSPS) is 18.3. The summed E-state index contributed by atoms with van der Waals surface area (Å²) in [5.41, 5.74) is 2.73. The van der Waals surface area contributed by atoms with Crippen molar-refractivity contribution in [1.82, 2.24) is 15.0 Å². The standard InChI is InChI=1S/C25H27N5O2S/c1-30(2)24-13-16(9-11-27-24)21-14-18(10-12-26-21)32-17-7-8-20-23(15-17)33-25(29-20)28-19-5-3-4-6-22(19)31/h7-15,19,22,31H,3-6H2,1-2H3,(H,28,29)/t19-,22-/m1/s1. The van der Waals surface area contributed by atoms with Crippen molar-refractivity contribution < 1.29 is 9.84 Å². The summed E-state index contributed by atoms with van der Waals surface area (Å²) in [6, 6.07) is 13.7. The molecule has 7 nitrogen and oxygen atoms in total. The summed E-state index contributed by atoms with van der Waals surface area (Å²) >= 11 is 1.58. The summed E-state index contributed by atoms with van der Waals surface area (Å²) in [6.07, 6.45) is 7.29. The predicted octanol–water partition coefficient (Wildman–Crippen LogP) is 5.33. The topological polar surface area (TPSA) is 83.4 Å². The van der Waals surface area contributed by atoms with Crippen LogP contribution in [0.15, 0.2) is 54.9 Å². The van der Waals surface area contributed by atoms with Gasteiger partial charge in [0.2, 0.25) is 0 Å². The third-order valence-electron chi connectivity index (χ3n) is 5.86. The number of benzene rings is 1. The summed E-state index contributed by atoms with van der Waals surface area (Å²) in [6.45, 7) is 0. The number of aliphatic hydroxyl groups is 1. The third-order valence-corrected chi connectivity index (χ3v) is 6.81. The van der Waals surface area contributed by atoms with Crippen LogP contribution >= 0.6 is 11.3 Å². The molecule has 4 aromatic rings. The minimum absolute atomic E-state index is 0.0754. The van der Waals surface area contributed by atoms with Crippen LogP contribution in [0.1, 0.15) is 25.7 Å². The Bertz CT molecular complexity index is 1260. The number of thiazole rings is 1. The van der Waals surface area contributed by atoms with Gasteiger partial charge in [-0.05, 0) is 43.2 Å². The van der Waals surface area contributed by atoms with Crippen molar-refractivity contribution in [3.05, 3.63) is 54.9 Å². The number of nitrogens with zero attached hydrogens (tertiary/aromatic N) is 4. The molecule has 1 saturated carbocycles. The van der Waals surface area contributed by atoms with Crippen LogP contribution < -0.4 is 15.0 Å². The molecule has 2 atom stereocenters. The summed E-state index contributed by atoms with van der Waals surface area (Å²) in [4.78, 5) is 15.5. The average molecular weight is 462 g/mol. The minimum atomic E-state index is -0.306. The van der Waals surface area contributed by atoms with Crippen LogP contribution in [0.5, 0.6) is 11.5 Å². The Morgan fingerprint density at radius 2 is 1.82 bits per heavy atom. The lowest BCUT2D eigenvalue weighted by atomic mass is 9.93. The molecule has 1 aliphatic carbocycles. The molecule has 3 aromatic heterocycles. The van der Waals surface area contributed by atoms with Crippen molar-refractivity contribution in [2.45, 2.75) is 37.8 Å². The first-order valence-electron chi connectivity index (χ1n) is 11.2. The van der Waals surface area contributed by atoms with Crippen LogP contribution in [0.25, 0.3) is 21.5 Å². The zero-order chi connectivity index (χ0) is 22.8. The maximum Gasteiger partial charge on any atom is 0.184 e. The summed E-state index contributed by atoms with van der Waals surface area (Å²) in [5.74, 6) is 2.34. The van der Waals surface area contributed by atoms with E-state index < -0.39 is 0 Å². The molecular formula is C25H27N5O2S. The molecular weight excluding hydrogens is 434 g/mol. The van der Waals surface area contributed by atoms with Gasteiger partial charge in [-0.15, -0.1) is 0 Å². The molecule has 170 valence electrons. The highest BCUT2D eigenvalue weighted by atomic mass is 32.1.